The molecule has 0 aromatic carbocycles. The Morgan fingerprint density at radius 2 is 1.76 bits per heavy atom. The second-order valence-electron chi connectivity index (χ2n) is 7.21. The number of ketones is 2. The maximum Gasteiger partial charge on any atom is 0.407 e. The molecule has 0 saturated heterocycles. The molecule has 118 valence electrons. The van der Waals surface area contributed by atoms with Crippen LogP contribution in [0, 0.1) is 17.8 Å². The van der Waals surface area contributed by atoms with E-state index >= 15 is 0 Å². The minimum atomic E-state index is -0.553. The molecule has 0 aliphatic heterocycles. The standard InChI is InChI=1S/C16H25NO4/c1-16(2,3)21-15(20)17-9-12-10-4-6-11(7-5-10)13(18)8-14(12)19/h10-12H,4-9H2,1-3H3,(H,17,20). The first-order valence-electron chi connectivity index (χ1n) is 7.78. The highest BCUT2D eigenvalue weighted by molar-refractivity contribution is 6.01. The fraction of sp³-hybridized carbons (Fsp3) is 0.812. The topological polar surface area (TPSA) is 72.5 Å². The monoisotopic (exact) mass is 295 g/mol. The number of carbonyl (C=O) groups excluding carboxylic acids is 3. The van der Waals surface area contributed by atoms with Crippen molar-refractivity contribution in [2.45, 2.75) is 58.5 Å². The lowest BCUT2D eigenvalue weighted by Crippen LogP contribution is -2.43. The van der Waals surface area contributed by atoms with Crippen molar-refractivity contribution in [2.24, 2.45) is 17.8 Å². The summed E-state index contributed by atoms with van der Waals surface area (Å²) in [5.74, 6) is 0.190. The first-order valence-corrected chi connectivity index (χ1v) is 7.78. The number of fused-ring (bicyclic) bond motifs is 5. The normalized spacial score (nSPS) is 29.8. The van der Waals surface area contributed by atoms with Gasteiger partial charge in [0.15, 0.2) is 0 Å². The lowest BCUT2D eigenvalue weighted by molar-refractivity contribution is -0.135. The second-order valence-corrected chi connectivity index (χ2v) is 7.21. The van der Waals surface area contributed by atoms with Crippen molar-refractivity contribution in [2.75, 3.05) is 6.54 Å². The number of rotatable bonds is 2. The number of nitrogens with one attached hydrogen (secondary N) is 1. The Balaban J connectivity index is 1.95. The number of ether oxygens (including phenoxy) is 1. The van der Waals surface area contributed by atoms with Gasteiger partial charge in [0.05, 0.1) is 6.42 Å². The Morgan fingerprint density at radius 1 is 1.14 bits per heavy atom. The van der Waals surface area contributed by atoms with Crippen LogP contribution in [0.25, 0.3) is 0 Å². The van der Waals surface area contributed by atoms with Crippen LogP contribution in [-0.2, 0) is 14.3 Å². The van der Waals surface area contributed by atoms with Crippen molar-refractivity contribution >= 4 is 17.7 Å². The van der Waals surface area contributed by atoms with E-state index in [1.807, 2.05) is 0 Å². The zero-order valence-electron chi connectivity index (χ0n) is 13.1. The highest BCUT2D eigenvalue weighted by Gasteiger charge is 2.38. The quantitative estimate of drug-likeness (QED) is 0.794. The van der Waals surface area contributed by atoms with Crippen LogP contribution in [-0.4, -0.2) is 29.8 Å². The first-order chi connectivity index (χ1) is 9.76. The summed E-state index contributed by atoms with van der Waals surface area (Å²) in [4.78, 5) is 35.9. The third-order valence-electron chi connectivity index (χ3n) is 4.42. The summed E-state index contributed by atoms with van der Waals surface area (Å²) in [5.41, 5.74) is -0.553. The van der Waals surface area contributed by atoms with Gasteiger partial charge in [0.25, 0.3) is 0 Å². The van der Waals surface area contributed by atoms with E-state index in [1.54, 1.807) is 20.8 Å². The molecule has 2 bridgehead atoms. The fourth-order valence-corrected chi connectivity index (χ4v) is 3.34. The minimum Gasteiger partial charge on any atom is -0.444 e. The number of carbonyl (C=O) groups is 3. The highest BCUT2D eigenvalue weighted by Crippen LogP contribution is 2.37. The molecular weight excluding hydrogens is 270 g/mol. The van der Waals surface area contributed by atoms with Crippen LogP contribution in [0.1, 0.15) is 52.9 Å². The molecule has 3 aliphatic rings. The summed E-state index contributed by atoms with van der Waals surface area (Å²) in [5, 5.41) is 2.69. The summed E-state index contributed by atoms with van der Waals surface area (Å²) >= 11 is 0. The number of amides is 1. The van der Waals surface area contributed by atoms with Crippen LogP contribution >= 0.6 is 0 Å². The van der Waals surface area contributed by atoms with E-state index in [4.69, 9.17) is 4.74 Å². The van der Waals surface area contributed by atoms with Crippen LogP contribution in [0.15, 0.2) is 0 Å². The molecule has 5 heteroatoms. The van der Waals surface area contributed by atoms with Gasteiger partial charge in [-0.1, -0.05) is 0 Å². The third-order valence-corrected chi connectivity index (χ3v) is 4.42. The molecule has 0 aromatic heterocycles. The van der Waals surface area contributed by atoms with E-state index in [1.165, 1.54) is 0 Å². The molecule has 3 saturated carbocycles. The van der Waals surface area contributed by atoms with Gasteiger partial charge in [-0.2, -0.15) is 0 Å². The zero-order valence-corrected chi connectivity index (χ0v) is 13.1. The molecular formula is C16H25NO4. The molecule has 1 atom stereocenters. The third kappa shape index (κ3) is 4.29. The molecule has 21 heavy (non-hydrogen) atoms. The van der Waals surface area contributed by atoms with E-state index in [-0.39, 0.29) is 42.3 Å². The van der Waals surface area contributed by atoms with Gasteiger partial charge in [-0.15, -0.1) is 0 Å². The summed E-state index contributed by atoms with van der Waals surface area (Å²) in [6, 6.07) is 0. The van der Waals surface area contributed by atoms with E-state index in [2.05, 4.69) is 5.32 Å². The van der Waals surface area contributed by atoms with Crippen LogP contribution in [0.3, 0.4) is 0 Å². The van der Waals surface area contributed by atoms with Crippen molar-refractivity contribution in [1.82, 2.24) is 5.32 Å². The van der Waals surface area contributed by atoms with Crippen molar-refractivity contribution in [3.63, 3.8) is 0 Å². The van der Waals surface area contributed by atoms with Gasteiger partial charge >= 0.3 is 6.09 Å². The average Bonchev–Trinajstić information content (AvgIpc) is 2.36. The molecule has 0 heterocycles. The van der Waals surface area contributed by atoms with Gasteiger partial charge in [0, 0.05) is 18.4 Å². The maximum absolute atomic E-state index is 12.3. The van der Waals surface area contributed by atoms with Gasteiger partial charge < -0.3 is 10.1 Å². The molecule has 0 spiro atoms. The van der Waals surface area contributed by atoms with Crippen molar-refractivity contribution in [1.29, 1.82) is 0 Å². The van der Waals surface area contributed by atoms with Gasteiger partial charge in [-0.3, -0.25) is 9.59 Å². The molecule has 3 aliphatic carbocycles. The van der Waals surface area contributed by atoms with Crippen LogP contribution in [0.4, 0.5) is 4.79 Å². The van der Waals surface area contributed by atoms with Crippen LogP contribution in [0.2, 0.25) is 0 Å². The van der Waals surface area contributed by atoms with Gasteiger partial charge in [0.2, 0.25) is 0 Å². The Hall–Kier alpha value is -1.39. The molecule has 1 amide bonds. The van der Waals surface area contributed by atoms with Crippen molar-refractivity contribution < 1.29 is 19.1 Å². The average molecular weight is 295 g/mol. The lowest BCUT2D eigenvalue weighted by atomic mass is 9.69. The first kappa shape index (κ1) is 16.0. The molecule has 5 nitrogen and oxygen atoms in total. The Morgan fingerprint density at radius 3 is 2.33 bits per heavy atom. The molecule has 1 unspecified atom stereocenters. The van der Waals surface area contributed by atoms with Gasteiger partial charge in [-0.25, -0.2) is 4.79 Å². The summed E-state index contributed by atoms with van der Waals surface area (Å²) in [7, 11) is 0. The van der Waals surface area contributed by atoms with Crippen molar-refractivity contribution in [3.05, 3.63) is 0 Å². The molecule has 3 rings (SSSR count). The van der Waals surface area contributed by atoms with Crippen LogP contribution in [0.5, 0.6) is 0 Å². The second kappa shape index (κ2) is 6.16. The van der Waals surface area contributed by atoms with Crippen LogP contribution < -0.4 is 5.32 Å². The van der Waals surface area contributed by atoms with E-state index in [9.17, 15) is 14.4 Å². The number of hydrogen-bond donors (Lipinski definition) is 1. The zero-order chi connectivity index (χ0) is 15.6. The predicted octanol–water partition coefficient (Wildman–Crippen LogP) is 2.48. The number of Topliss-reactive ketones (excluding diaryl/α,β-unsaturated/α-hetero) is 2. The SMILES string of the molecule is CC(C)(C)OC(=O)NCC1C(=O)CC(=O)C2CCC1CC2. The smallest absolute Gasteiger partial charge is 0.407 e. The van der Waals surface area contributed by atoms with Crippen molar-refractivity contribution in [3.8, 4) is 0 Å². The maximum atomic E-state index is 12.3. The number of alkyl carbamates (subject to hydrolysis) is 1. The fourth-order valence-electron chi connectivity index (χ4n) is 3.34. The van der Waals surface area contributed by atoms with E-state index in [0.29, 0.717) is 0 Å². The predicted molar refractivity (Wildman–Crippen MR) is 77.8 cm³/mol. The Kier molecular flexibility index (Phi) is 4.69. The summed E-state index contributed by atoms with van der Waals surface area (Å²) in [6.45, 7) is 5.67. The molecule has 0 radical (unpaired) electrons. The minimum absolute atomic E-state index is 0.0227. The number of hydrogen-bond acceptors (Lipinski definition) is 4. The summed E-state index contributed by atoms with van der Waals surface area (Å²) in [6.07, 6.45) is 3.12. The largest absolute Gasteiger partial charge is 0.444 e. The summed E-state index contributed by atoms with van der Waals surface area (Å²) < 4.78 is 5.19. The Bertz CT molecular complexity index is 430. The Labute approximate surface area is 125 Å². The molecule has 1 N–H and O–H groups in total. The lowest BCUT2D eigenvalue weighted by Gasteiger charge is -2.35. The van der Waals surface area contributed by atoms with E-state index in [0.717, 1.165) is 25.7 Å². The van der Waals surface area contributed by atoms with Gasteiger partial charge in [0.1, 0.15) is 17.2 Å². The van der Waals surface area contributed by atoms with E-state index < -0.39 is 11.7 Å². The molecule has 3 fully saturated rings. The van der Waals surface area contributed by atoms with Gasteiger partial charge in [-0.05, 0) is 52.4 Å². The molecule has 0 aromatic rings. The highest BCUT2D eigenvalue weighted by atomic mass is 16.6.